The Labute approximate surface area is 102 Å². The second kappa shape index (κ2) is 4.28. The van der Waals surface area contributed by atoms with Crippen molar-refractivity contribution < 1.29 is 4.42 Å². The van der Waals surface area contributed by atoms with Crippen molar-refractivity contribution in [3.8, 4) is 0 Å². The zero-order valence-corrected chi connectivity index (χ0v) is 10.0. The summed E-state index contributed by atoms with van der Waals surface area (Å²) >= 11 is 0. The molecule has 1 fully saturated rings. The van der Waals surface area contributed by atoms with Gasteiger partial charge in [-0.1, -0.05) is 25.1 Å². The molecule has 3 rings (SSSR count). The molecule has 2 aromatic rings. The van der Waals surface area contributed by atoms with Crippen molar-refractivity contribution in [1.29, 1.82) is 0 Å². The Morgan fingerprint density at radius 2 is 1.94 bits per heavy atom. The first-order valence-corrected chi connectivity index (χ1v) is 6.20. The van der Waals surface area contributed by atoms with E-state index in [9.17, 15) is 0 Å². The molecule has 1 aromatic heterocycles. The molecule has 1 aliphatic carbocycles. The van der Waals surface area contributed by atoms with E-state index in [0.717, 1.165) is 29.7 Å². The summed E-state index contributed by atoms with van der Waals surface area (Å²) in [5, 5.41) is 3.35. The van der Waals surface area contributed by atoms with E-state index < -0.39 is 0 Å². The quantitative estimate of drug-likeness (QED) is 0.853. The maximum Gasteiger partial charge on any atom is 0.123 e. The lowest BCUT2D eigenvalue weighted by molar-refractivity contribution is 0.468. The lowest BCUT2D eigenvalue weighted by Gasteiger charge is -2.03. The van der Waals surface area contributed by atoms with Gasteiger partial charge in [0.15, 0.2) is 0 Å². The minimum absolute atomic E-state index is 0.667. The van der Waals surface area contributed by atoms with E-state index in [-0.39, 0.29) is 0 Å². The summed E-state index contributed by atoms with van der Waals surface area (Å²) in [7, 11) is 0. The molecule has 0 radical (unpaired) electrons. The minimum Gasteiger partial charge on any atom is -0.464 e. The number of rotatable bonds is 4. The van der Waals surface area contributed by atoms with Gasteiger partial charge in [0.05, 0.1) is 6.54 Å². The normalized spacial score (nSPS) is 22.4. The monoisotopic (exact) mass is 227 g/mol. The minimum atomic E-state index is 0.667. The summed E-state index contributed by atoms with van der Waals surface area (Å²) in [6.45, 7) is 3.03. The number of hydrogen-bond donors (Lipinski definition) is 1. The molecule has 2 unspecified atom stereocenters. The van der Waals surface area contributed by atoms with Crippen molar-refractivity contribution >= 4 is 5.69 Å². The highest BCUT2D eigenvalue weighted by Gasteiger charge is 2.36. The zero-order chi connectivity index (χ0) is 11.7. The molecule has 0 amide bonds. The SMILES string of the molecule is CC1CC1c1ccc(CNc2ccccc2)o1. The van der Waals surface area contributed by atoms with Gasteiger partial charge in [-0.25, -0.2) is 0 Å². The van der Waals surface area contributed by atoms with Gasteiger partial charge in [-0.15, -0.1) is 0 Å². The third kappa shape index (κ3) is 2.36. The van der Waals surface area contributed by atoms with Gasteiger partial charge >= 0.3 is 0 Å². The Hall–Kier alpha value is -1.70. The topological polar surface area (TPSA) is 25.2 Å². The Morgan fingerprint density at radius 3 is 2.65 bits per heavy atom. The van der Waals surface area contributed by atoms with Gasteiger partial charge in [0.1, 0.15) is 11.5 Å². The van der Waals surface area contributed by atoms with Crippen LogP contribution in [0.4, 0.5) is 5.69 Å². The van der Waals surface area contributed by atoms with Crippen LogP contribution in [-0.2, 0) is 6.54 Å². The largest absolute Gasteiger partial charge is 0.464 e. The van der Waals surface area contributed by atoms with Gasteiger partial charge in [-0.3, -0.25) is 0 Å². The van der Waals surface area contributed by atoms with E-state index in [4.69, 9.17) is 4.42 Å². The molecule has 1 heterocycles. The first-order valence-electron chi connectivity index (χ1n) is 6.20. The van der Waals surface area contributed by atoms with Crippen LogP contribution in [-0.4, -0.2) is 0 Å². The van der Waals surface area contributed by atoms with Gasteiger partial charge in [-0.05, 0) is 36.6 Å². The van der Waals surface area contributed by atoms with Gasteiger partial charge in [0, 0.05) is 11.6 Å². The summed E-state index contributed by atoms with van der Waals surface area (Å²) in [5.41, 5.74) is 1.13. The molecule has 88 valence electrons. The Kier molecular flexibility index (Phi) is 2.63. The lowest BCUT2D eigenvalue weighted by Crippen LogP contribution is -1.97. The summed E-state index contributed by atoms with van der Waals surface area (Å²) in [5.74, 6) is 3.64. The summed E-state index contributed by atoms with van der Waals surface area (Å²) in [4.78, 5) is 0. The highest BCUT2D eigenvalue weighted by molar-refractivity contribution is 5.42. The first kappa shape index (κ1) is 10.5. The summed E-state index contributed by atoms with van der Waals surface area (Å²) < 4.78 is 5.84. The molecule has 1 N–H and O–H groups in total. The van der Waals surface area contributed by atoms with E-state index in [1.54, 1.807) is 0 Å². The van der Waals surface area contributed by atoms with Crippen LogP contribution in [0.5, 0.6) is 0 Å². The molecular formula is C15H17NO. The number of furan rings is 1. The van der Waals surface area contributed by atoms with E-state index >= 15 is 0 Å². The first-order chi connectivity index (χ1) is 8.33. The smallest absolute Gasteiger partial charge is 0.123 e. The molecule has 0 aliphatic heterocycles. The van der Waals surface area contributed by atoms with Crippen LogP contribution in [0.1, 0.15) is 30.8 Å². The van der Waals surface area contributed by atoms with Crippen molar-refractivity contribution in [2.75, 3.05) is 5.32 Å². The highest BCUT2D eigenvalue weighted by atomic mass is 16.3. The third-order valence-electron chi connectivity index (χ3n) is 3.40. The standard InChI is InChI=1S/C15H17NO/c1-11-9-14(11)15-8-7-13(17-15)10-16-12-5-3-2-4-6-12/h2-8,11,14,16H,9-10H2,1H3. The van der Waals surface area contributed by atoms with Crippen LogP contribution in [0.3, 0.4) is 0 Å². The molecule has 1 saturated carbocycles. The molecule has 0 saturated heterocycles. The molecule has 1 aromatic carbocycles. The zero-order valence-electron chi connectivity index (χ0n) is 10.0. The average Bonchev–Trinajstić information content (AvgIpc) is 2.92. The van der Waals surface area contributed by atoms with Crippen molar-refractivity contribution in [3.63, 3.8) is 0 Å². The second-order valence-electron chi connectivity index (χ2n) is 4.84. The molecular weight excluding hydrogens is 210 g/mol. The molecule has 0 bridgehead atoms. The van der Waals surface area contributed by atoms with Gasteiger partial charge in [0.2, 0.25) is 0 Å². The maximum atomic E-state index is 5.84. The van der Waals surface area contributed by atoms with Gasteiger partial charge in [0.25, 0.3) is 0 Å². The molecule has 1 aliphatic rings. The van der Waals surface area contributed by atoms with Crippen LogP contribution in [0.15, 0.2) is 46.9 Å². The van der Waals surface area contributed by atoms with Gasteiger partial charge < -0.3 is 9.73 Å². The van der Waals surface area contributed by atoms with Crippen LogP contribution < -0.4 is 5.32 Å². The Balaban J connectivity index is 1.60. The van der Waals surface area contributed by atoms with E-state index in [0.29, 0.717) is 5.92 Å². The summed E-state index contributed by atoms with van der Waals surface area (Å²) in [6, 6.07) is 14.4. The fraction of sp³-hybridized carbons (Fsp3) is 0.333. The third-order valence-corrected chi connectivity index (χ3v) is 3.40. The Bertz CT molecular complexity index is 489. The van der Waals surface area contributed by atoms with Crippen molar-refractivity contribution in [2.45, 2.75) is 25.8 Å². The number of para-hydroxylation sites is 1. The lowest BCUT2D eigenvalue weighted by atomic mass is 10.3. The van der Waals surface area contributed by atoms with Crippen LogP contribution >= 0.6 is 0 Å². The van der Waals surface area contributed by atoms with Crippen molar-refractivity contribution in [3.05, 3.63) is 54.0 Å². The molecule has 2 heteroatoms. The molecule has 2 nitrogen and oxygen atoms in total. The van der Waals surface area contributed by atoms with Gasteiger partial charge in [-0.2, -0.15) is 0 Å². The molecule has 17 heavy (non-hydrogen) atoms. The molecule has 0 spiro atoms. The van der Waals surface area contributed by atoms with Crippen LogP contribution in [0, 0.1) is 5.92 Å². The predicted octanol–water partition coefficient (Wildman–Crippen LogP) is 4.02. The van der Waals surface area contributed by atoms with E-state index in [1.807, 2.05) is 18.2 Å². The fourth-order valence-corrected chi connectivity index (χ4v) is 2.15. The van der Waals surface area contributed by atoms with Crippen molar-refractivity contribution in [2.24, 2.45) is 5.92 Å². The average molecular weight is 227 g/mol. The maximum absolute atomic E-state index is 5.84. The van der Waals surface area contributed by atoms with E-state index in [1.165, 1.54) is 6.42 Å². The molecule has 2 atom stereocenters. The number of benzene rings is 1. The summed E-state index contributed by atoms with van der Waals surface area (Å²) in [6.07, 6.45) is 1.28. The fourth-order valence-electron chi connectivity index (χ4n) is 2.15. The van der Waals surface area contributed by atoms with Crippen molar-refractivity contribution in [1.82, 2.24) is 0 Å². The van der Waals surface area contributed by atoms with E-state index in [2.05, 4.69) is 36.5 Å². The number of hydrogen-bond acceptors (Lipinski definition) is 2. The number of anilines is 1. The Morgan fingerprint density at radius 1 is 1.18 bits per heavy atom. The predicted molar refractivity (Wildman–Crippen MR) is 69.0 cm³/mol. The second-order valence-corrected chi connectivity index (χ2v) is 4.84. The van der Waals surface area contributed by atoms with Crippen LogP contribution in [0.25, 0.3) is 0 Å². The highest BCUT2D eigenvalue weighted by Crippen LogP contribution is 2.47. The number of nitrogens with one attached hydrogen (secondary N) is 1. The van der Waals surface area contributed by atoms with Crippen LogP contribution in [0.2, 0.25) is 0 Å².